The fraction of sp³-hybridized carbons (Fsp3) is 0.353. The van der Waals surface area contributed by atoms with Crippen LogP contribution in [0, 0.1) is 5.82 Å². The van der Waals surface area contributed by atoms with E-state index in [2.05, 4.69) is 31.9 Å². The third kappa shape index (κ3) is 2.60. The molecule has 0 aliphatic carbocycles. The van der Waals surface area contributed by atoms with Crippen molar-refractivity contribution < 1.29 is 4.39 Å². The smallest absolute Gasteiger partial charge is 0.204 e. The lowest BCUT2D eigenvalue weighted by molar-refractivity contribution is 0.270. The highest BCUT2D eigenvalue weighted by atomic mass is 19.1. The van der Waals surface area contributed by atoms with Crippen LogP contribution in [-0.4, -0.2) is 57.2 Å². The summed E-state index contributed by atoms with van der Waals surface area (Å²) in [6, 6.07) is 6.40. The van der Waals surface area contributed by atoms with E-state index in [0.29, 0.717) is 17.0 Å². The molecule has 0 atom stereocenters. The number of aromatic nitrogens is 4. The van der Waals surface area contributed by atoms with Crippen LogP contribution in [0.3, 0.4) is 0 Å². The first-order valence-corrected chi connectivity index (χ1v) is 8.19. The van der Waals surface area contributed by atoms with E-state index in [1.807, 2.05) is 16.7 Å². The molecule has 0 spiro atoms. The molecular weight excluding hydrogens is 307 g/mol. The Kier molecular flexibility index (Phi) is 3.86. The molecule has 3 heterocycles. The molecule has 4 rings (SSSR count). The molecule has 6 nitrogen and oxygen atoms in total. The molecule has 1 aliphatic heterocycles. The second-order valence-corrected chi connectivity index (χ2v) is 5.90. The summed E-state index contributed by atoms with van der Waals surface area (Å²) in [6.45, 7) is 7.12. The second kappa shape index (κ2) is 6.16. The summed E-state index contributed by atoms with van der Waals surface area (Å²) >= 11 is 0. The Bertz CT molecular complexity index is 853. The van der Waals surface area contributed by atoms with Gasteiger partial charge in [-0.15, -0.1) is 10.2 Å². The molecule has 7 heteroatoms. The number of rotatable bonds is 3. The van der Waals surface area contributed by atoms with Gasteiger partial charge in [-0.3, -0.25) is 4.40 Å². The molecule has 2 aromatic heterocycles. The summed E-state index contributed by atoms with van der Waals surface area (Å²) < 4.78 is 15.4. The van der Waals surface area contributed by atoms with Crippen molar-refractivity contribution in [2.45, 2.75) is 6.92 Å². The van der Waals surface area contributed by atoms with Crippen LogP contribution >= 0.6 is 0 Å². The predicted octanol–water partition coefficient (Wildman–Crippen LogP) is 2.07. The number of likely N-dealkylation sites (N-methyl/N-ethyl adjacent to an activating group) is 1. The predicted molar refractivity (Wildman–Crippen MR) is 90.5 cm³/mol. The number of fused-ring (bicyclic) bond motifs is 1. The van der Waals surface area contributed by atoms with Crippen molar-refractivity contribution >= 4 is 11.5 Å². The lowest BCUT2D eigenvalue weighted by atomic mass is 10.2. The fourth-order valence-electron chi connectivity index (χ4n) is 3.14. The van der Waals surface area contributed by atoms with E-state index in [9.17, 15) is 4.39 Å². The standard InChI is InChI=1S/C17H19FN6/c1-2-22-8-10-23(11-9-22)16-17-21-20-15(24(17)7-6-19-16)13-4-3-5-14(18)12-13/h3-7,12H,2,8-11H2,1H3. The van der Waals surface area contributed by atoms with Crippen LogP contribution in [0.2, 0.25) is 0 Å². The Balaban J connectivity index is 1.72. The maximum atomic E-state index is 13.5. The van der Waals surface area contributed by atoms with E-state index >= 15 is 0 Å². The van der Waals surface area contributed by atoms with E-state index in [4.69, 9.17) is 0 Å². The van der Waals surface area contributed by atoms with Crippen LogP contribution in [-0.2, 0) is 0 Å². The molecule has 0 unspecified atom stereocenters. The van der Waals surface area contributed by atoms with Gasteiger partial charge in [-0.2, -0.15) is 0 Å². The van der Waals surface area contributed by atoms with Gasteiger partial charge < -0.3 is 9.80 Å². The van der Waals surface area contributed by atoms with Crippen LogP contribution in [0.1, 0.15) is 6.92 Å². The van der Waals surface area contributed by atoms with Crippen molar-refractivity contribution in [3.8, 4) is 11.4 Å². The van der Waals surface area contributed by atoms with Gasteiger partial charge in [0.2, 0.25) is 5.65 Å². The van der Waals surface area contributed by atoms with Crippen molar-refractivity contribution in [1.82, 2.24) is 24.5 Å². The first kappa shape index (κ1) is 15.0. The van der Waals surface area contributed by atoms with Gasteiger partial charge in [-0.25, -0.2) is 9.37 Å². The molecule has 0 saturated carbocycles. The molecule has 124 valence electrons. The monoisotopic (exact) mass is 326 g/mol. The summed E-state index contributed by atoms with van der Waals surface area (Å²) in [5, 5.41) is 8.57. The zero-order chi connectivity index (χ0) is 16.5. The number of anilines is 1. The lowest BCUT2D eigenvalue weighted by Crippen LogP contribution is -2.46. The molecular formula is C17H19FN6. The third-order valence-electron chi connectivity index (χ3n) is 4.51. The minimum Gasteiger partial charge on any atom is -0.351 e. The van der Waals surface area contributed by atoms with Gasteiger partial charge in [0, 0.05) is 44.1 Å². The summed E-state index contributed by atoms with van der Waals surface area (Å²) in [4.78, 5) is 9.17. The minimum absolute atomic E-state index is 0.283. The van der Waals surface area contributed by atoms with E-state index in [1.165, 1.54) is 12.1 Å². The summed E-state index contributed by atoms with van der Waals surface area (Å²) in [6.07, 6.45) is 3.57. The number of hydrogen-bond donors (Lipinski definition) is 0. The molecule has 0 N–H and O–H groups in total. The number of nitrogens with zero attached hydrogens (tertiary/aromatic N) is 6. The molecule has 1 aliphatic rings. The van der Waals surface area contributed by atoms with Gasteiger partial charge in [-0.1, -0.05) is 19.1 Å². The molecule has 0 radical (unpaired) electrons. The first-order valence-electron chi connectivity index (χ1n) is 8.19. The largest absolute Gasteiger partial charge is 0.351 e. The normalized spacial score (nSPS) is 16.0. The van der Waals surface area contributed by atoms with Crippen LogP contribution in [0.15, 0.2) is 36.7 Å². The van der Waals surface area contributed by atoms with Crippen molar-refractivity contribution in [1.29, 1.82) is 0 Å². The Hall–Kier alpha value is -2.54. The van der Waals surface area contributed by atoms with Gasteiger partial charge in [0.05, 0.1) is 0 Å². The van der Waals surface area contributed by atoms with Crippen LogP contribution in [0.4, 0.5) is 10.2 Å². The van der Waals surface area contributed by atoms with Crippen molar-refractivity contribution in [2.24, 2.45) is 0 Å². The number of benzene rings is 1. The zero-order valence-corrected chi connectivity index (χ0v) is 13.6. The molecule has 24 heavy (non-hydrogen) atoms. The van der Waals surface area contributed by atoms with Crippen molar-refractivity contribution in [3.05, 3.63) is 42.5 Å². The maximum absolute atomic E-state index is 13.5. The van der Waals surface area contributed by atoms with Crippen LogP contribution < -0.4 is 4.90 Å². The van der Waals surface area contributed by atoms with E-state index in [-0.39, 0.29) is 5.82 Å². The average Bonchev–Trinajstić information content (AvgIpc) is 3.06. The van der Waals surface area contributed by atoms with Crippen molar-refractivity contribution in [2.75, 3.05) is 37.6 Å². The van der Waals surface area contributed by atoms with E-state index in [0.717, 1.165) is 38.5 Å². The Labute approximate surface area is 139 Å². The molecule has 0 bridgehead atoms. The van der Waals surface area contributed by atoms with Gasteiger partial charge in [0.15, 0.2) is 11.6 Å². The lowest BCUT2D eigenvalue weighted by Gasteiger charge is -2.34. The summed E-state index contributed by atoms with van der Waals surface area (Å²) in [5.74, 6) is 1.18. The van der Waals surface area contributed by atoms with Gasteiger partial charge in [0.25, 0.3) is 0 Å². The highest BCUT2D eigenvalue weighted by Crippen LogP contribution is 2.24. The molecule has 1 saturated heterocycles. The fourth-order valence-corrected chi connectivity index (χ4v) is 3.14. The number of piperazine rings is 1. The van der Waals surface area contributed by atoms with Gasteiger partial charge in [0.1, 0.15) is 5.82 Å². The quantitative estimate of drug-likeness (QED) is 0.737. The molecule has 3 aromatic rings. The summed E-state index contributed by atoms with van der Waals surface area (Å²) in [7, 11) is 0. The zero-order valence-electron chi connectivity index (χ0n) is 13.6. The first-order chi connectivity index (χ1) is 11.8. The average molecular weight is 326 g/mol. The SMILES string of the molecule is CCN1CCN(c2nccn3c(-c4cccc(F)c4)nnc23)CC1. The third-order valence-corrected chi connectivity index (χ3v) is 4.51. The Morgan fingerprint density at radius 2 is 1.96 bits per heavy atom. The topological polar surface area (TPSA) is 49.6 Å². The maximum Gasteiger partial charge on any atom is 0.204 e. The van der Waals surface area contributed by atoms with E-state index < -0.39 is 0 Å². The van der Waals surface area contributed by atoms with Gasteiger partial charge in [-0.05, 0) is 18.7 Å². The van der Waals surface area contributed by atoms with Crippen LogP contribution in [0.25, 0.3) is 17.0 Å². The molecule has 1 fully saturated rings. The Morgan fingerprint density at radius 3 is 2.71 bits per heavy atom. The summed E-state index contributed by atoms with van der Waals surface area (Å²) in [5.41, 5.74) is 1.41. The number of hydrogen-bond acceptors (Lipinski definition) is 5. The Morgan fingerprint density at radius 1 is 1.12 bits per heavy atom. The highest BCUT2D eigenvalue weighted by molar-refractivity contribution is 5.68. The van der Waals surface area contributed by atoms with Crippen molar-refractivity contribution in [3.63, 3.8) is 0 Å². The van der Waals surface area contributed by atoms with Crippen LogP contribution in [0.5, 0.6) is 0 Å². The van der Waals surface area contributed by atoms with Gasteiger partial charge >= 0.3 is 0 Å². The molecule has 1 aromatic carbocycles. The number of halogens is 1. The molecule has 0 amide bonds. The second-order valence-electron chi connectivity index (χ2n) is 5.90. The van der Waals surface area contributed by atoms with E-state index in [1.54, 1.807) is 12.3 Å². The minimum atomic E-state index is -0.283. The highest BCUT2D eigenvalue weighted by Gasteiger charge is 2.21.